The molecule has 0 bridgehead atoms. The van der Waals surface area contributed by atoms with Gasteiger partial charge in [-0.15, -0.1) is 0 Å². The third-order valence-corrected chi connectivity index (χ3v) is 2.74. The lowest BCUT2D eigenvalue weighted by atomic mass is 9.96. The summed E-state index contributed by atoms with van der Waals surface area (Å²) in [5.74, 6) is 0.424. The van der Waals surface area contributed by atoms with E-state index in [1.165, 1.54) is 6.08 Å². The molecule has 3 nitrogen and oxygen atoms in total. The second-order valence-electron chi connectivity index (χ2n) is 4.87. The molecule has 0 aliphatic heterocycles. The van der Waals surface area contributed by atoms with Gasteiger partial charge >= 0.3 is 0 Å². The SMILES string of the molecule is CC(C)c1n[nH]c(C(C)C)c1CC(F)=CCN. The summed E-state index contributed by atoms with van der Waals surface area (Å²) in [4.78, 5) is 0. The Kier molecular flexibility index (Phi) is 4.87. The second kappa shape index (κ2) is 5.96. The Morgan fingerprint density at radius 1 is 1.35 bits per heavy atom. The van der Waals surface area contributed by atoms with Gasteiger partial charge in [-0.3, -0.25) is 5.10 Å². The Morgan fingerprint density at radius 2 is 2.00 bits per heavy atom. The quantitative estimate of drug-likeness (QED) is 0.829. The van der Waals surface area contributed by atoms with Crippen LogP contribution in [-0.2, 0) is 6.42 Å². The normalized spacial score (nSPS) is 12.8. The predicted molar refractivity (Wildman–Crippen MR) is 68.7 cm³/mol. The molecule has 0 fully saturated rings. The van der Waals surface area contributed by atoms with E-state index in [1.54, 1.807) is 0 Å². The van der Waals surface area contributed by atoms with Gasteiger partial charge in [0, 0.05) is 24.2 Å². The molecule has 17 heavy (non-hydrogen) atoms. The molecular formula is C13H22FN3. The van der Waals surface area contributed by atoms with Crippen molar-refractivity contribution in [2.24, 2.45) is 5.73 Å². The molecule has 0 saturated carbocycles. The Hall–Kier alpha value is -1.16. The number of rotatable bonds is 5. The lowest BCUT2D eigenvalue weighted by Gasteiger charge is -2.09. The summed E-state index contributed by atoms with van der Waals surface area (Å²) in [7, 11) is 0. The van der Waals surface area contributed by atoms with Crippen molar-refractivity contribution in [3.8, 4) is 0 Å². The average Bonchev–Trinajstić information content (AvgIpc) is 2.61. The molecule has 1 aromatic rings. The van der Waals surface area contributed by atoms with Crippen LogP contribution in [0.2, 0.25) is 0 Å². The topological polar surface area (TPSA) is 54.7 Å². The summed E-state index contributed by atoms with van der Waals surface area (Å²) in [6, 6.07) is 0. The zero-order chi connectivity index (χ0) is 13.0. The third-order valence-electron chi connectivity index (χ3n) is 2.74. The van der Waals surface area contributed by atoms with E-state index in [4.69, 9.17) is 5.73 Å². The molecule has 1 rings (SSSR count). The maximum absolute atomic E-state index is 13.6. The second-order valence-corrected chi connectivity index (χ2v) is 4.87. The number of hydrogen-bond acceptors (Lipinski definition) is 2. The van der Waals surface area contributed by atoms with Gasteiger partial charge in [0.15, 0.2) is 0 Å². The fourth-order valence-electron chi connectivity index (χ4n) is 1.90. The number of nitrogens with zero attached hydrogens (tertiary/aromatic N) is 1. The van der Waals surface area contributed by atoms with E-state index in [-0.39, 0.29) is 18.8 Å². The van der Waals surface area contributed by atoms with Gasteiger partial charge in [0.2, 0.25) is 0 Å². The molecule has 0 atom stereocenters. The Bertz CT molecular complexity index is 366. The van der Waals surface area contributed by atoms with E-state index in [9.17, 15) is 4.39 Å². The van der Waals surface area contributed by atoms with Gasteiger partial charge in [-0.25, -0.2) is 4.39 Å². The summed E-state index contributed by atoms with van der Waals surface area (Å²) < 4.78 is 13.6. The summed E-state index contributed by atoms with van der Waals surface area (Å²) in [5.41, 5.74) is 8.27. The van der Waals surface area contributed by atoms with Crippen molar-refractivity contribution in [2.75, 3.05) is 6.54 Å². The van der Waals surface area contributed by atoms with Crippen LogP contribution in [0.15, 0.2) is 11.9 Å². The van der Waals surface area contributed by atoms with E-state index >= 15 is 0 Å². The smallest absolute Gasteiger partial charge is 0.102 e. The van der Waals surface area contributed by atoms with Crippen LogP contribution < -0.4 is 5.73 Å². The van der Waals surface area contributed by atoms with Crippen molar-refractivity contribution >= 4 is 0 Å². The lowest BCUT2D eigenvalue weighted by molar-refractivity contribution is 0.603. The van der Waals surface area contributed by atoms with Crippen molar-refractivity contribution in [1.82, 2.24) is 10.2 Å². The molecule has 0 unspecified atom stereocenters. The van der Waals surface area contributed by atoms with E-state index < -0.39 is 0 Å². The maximum Gasteiger partial charge on any atom is 0.102 e. The number of H-pyrrole nitrogens is 1. The van der Waals surface area contributed by atoms with Crippen LogP contribution in [0, 0.1) is 0 Å². The minimum absolute atomic E-state index is 0.183. The molecule has 0 aliphatic carbocycles. The Morgan fingerprint density at radius 3 is 2.47 bits per heavy atom. The summed E-state index contributed by atoms with van der Waals surface area (Å²) in [6.45, 7) is 8.51. The first kappa shape index (κ1) is 13.9. The van der Waals surface area contributed by atoms with Crippen LogP contribution in [0.3, 0.4) is 0 Å². The van der Waals surface area contributed by atoms with Crippen LogP contribution >= 0.6 is 0 Å². The number of nitrogens with two attached hydrogens (primary N) is 1. The lowest BCUT2D eigenvalue weighted by Crippen LogP contribution is -2.01. The van der Waals surface area contributed by atoms with E-state index in [0.29, 0.717) is 11.8 Å². The van der Waals surface area contributed by atoms with Gasteiger partial charge in [-0.2, -0.15) is 5.10 Å². The van der Waals surface area contributed by atoms with Gasteiger partial charge in [0.05, 0.1) is 5.69 Å². The van der Waals surface area contributed by atoms with Crippen LogP contribution in [0.5, 0.6) is 0 Å². The molecule has 96 valence electrons. The highest BCUT2D eigenvalue weighted by atomic mass is 19.1. The summed E-state index contributed by atoms with van der Waals surface area (Å²) in [6.07, 6.45) is 1.70. The van der Waals surface area contributed by atoms with Gasteiger partial charge < -0.3 is 5.73 Å². The summed E-state index contributed by atoms with van der Waals surface area (Å²) >= 11 is 0. The van der Waals surface area contributed by atoms with Crippen molar-refractivity contribution in [1.29, 1.82) is 0 Å². The number of halogens is 1. The molecule has 0 amide bonds. The first-order chi connectivity index (χ1) is 7.97. The zero-order valence-corrected chi connectivity index (χ0v) is 11.0. The molecule has 0 aliphatic rings. The molecule has 4 heteroatoms. The van der Waals surface area contributed by atoms with Crippen molar-refractivity contribution in [2.45, 2.75) is 46.0 Å². The van der Waals surface area contributed by atoms with Crippen molar-refractivity contribution in [3.63, 3.8) is 0 Å². The number of allylic oxidation sites excluding steroid dienone is 1. The average molecular weight is 239 g/mol. The summed E-state index contributed by atoms with van der Waals surface area (Å²) in [5, 5.41) is 7.33. The first-order valence-corrected chi connectivity index (χ1v) is 6.09. The number of aromatic nitrogens is 2. The maximum atomic E-state index is 13.6. The largest absolute Gasteiger partial charge is 0.327 e. The van der Waals surface area contributed by atoms with Crippen LogP contribution in [0.4, 0.5) is 4.39 Å². The fourth-order valence-corrected chi connectivity index (χ4v) is 1.90. The molecule has 0 radical (unpaired) electrons. The van der Waals surface area contributed by atoms with Gasteiger partial charge in [-0.05, 0) is 17.9 Å². The van der Waals surface area contributed by atoms with E-state index in [2.05, 4.69) is 37.9 Å². The standard InChI is InChI=1S/C13H22FN3/c1-8(2)12-11(7-10(14)5-6-15)13(9(3)4)17-16-12/h5,8-9H,6-7,15H2,1-4H3,(H,16,17). The monoisotopic (exact) mass is 239 g/mol. The molecule has 1 heterocycles. The van der Waals surface area contributed by atoms with E-state index in [1.807, 2.05) is 0 Å². The minimum Gasteiger partial charge on any atom is -0.327 e. The number of aromatic amines is 1. The fraction of sp³-hybridized carbons (Fsp3) is 0.615. The van der Waals surface area contributed by atoms with Gasteiger partial charge in [-0.1, -0.05) is 27.7 Å². The molecular weight excluding hydrogens is 217 g/mol. The van der Waals surface area contributed by atoms with Crippen molar-refractivity contribution < 1.29 is 4.39 Å². The molecule has 0 saturated heterocycles. The number of nitrogens with one attached hydrogen (secondary N) is 1. The Labute approximate surface area is 102 Å². The van der Waals surface area contributed by atoms with Gasteiger partial charge in [0.1, 0.15) is 5.83 Å². The predicted octanol–water partition coefficient (Wildman–Crippen LogP) is 3.01. The highest BCUT2D eigenvalue weighted by Gasteiger charge is 2.18. The first-order valence-electron chi connectivity index (χ1n) is 6.09. The molecule has 0 spiro atoms. The van der Waals surface area contributed by atoms with Crippen LogP contribution in [0.25, 0.3) is 0 Å². The highest BCUT2D eigenvalue weighted by molar-refractivity contribution is 5.32. The highest BCUT2D eigenvalue weighted by Crippen LogP contribution is 2.27. The van der Waals surface area contributed by atoms with E-state index in [0.717, 1.165) is 17.0 Å². The molecule has 3 N–H and O–H groups in total. The zero-order valence-electron chi connectivity index (χ0n) is 11.0. The third kappa shape index (κ3) is 3.40. The van der Waals surface area contributed by atoms with Gasteiger partial charge in [0.25, 0.3) is 0 Å². The Balaban J connectivity index is 3.08. The van der Waals surface area contributed by atoms with Crippen LogP contribution in [0.1, 0.15) is 56.5 Å². The number of hydrogen-bond donors (Lipinski definition) is 2. The minimum atomic E-state index is -0.183. The van der Waals surface area contributed by atoms with Crippen LogP contribution in [-0.4, -0.2) is 16.7 Å². The van der Waals surface area contributed by atoms with Crippen molar-refractivity contribution in [3.05, 3.63) is 28.9 Å². The molecule has 1 aromatic heterocycles. The molecule has 0 aromatic carbocycles.